The van der Waals surface area contributed by atoms with Crippen LogP contribution in [0.3, 0.4) is 0 Å². The molecule has 16 heavy (non-hydrogen) atoms. The number of ketones is 1. The van der Waals surface area contributed by atoms with Gasteiger partial charge in [-0.3, -0.25) is 4.79 Å². The van der Waals surface area contributed by atoms with Crippen molar-refractivity contribution in [3.05, 3.63) is 35.9 Å². The first-order valence-corrected chi connectivity index (χ1v) is 5.49. The molecule has 0 unspecified atom stereocenters. The van der Waals surface area contributed by atoms with Crippen molar-refractivity contribution in [1.82, 2.24) is 5.32 Å². The first-order chi connectivity index (χ1) is 7.83. The van der Waals surface area contributed by atoms with Crippen molar-refractivity contribution in [3.63, 3.8) is 0 Å². The number of carbonyl (C=O) groups excluding carboxylic acids is 1. The lowest BCUT2D eigenvalue weighted by Crippen LogP contribution is -2.17. The highest BCUT2D eigenvalue weighted by molar-refractivity contribution is 5.80. The van der Waals surface area contributed by atoms with Crippen LogP contribution in [0.2, 0.25) is 0 Å². The van der Waals surface area contributed by atoms with Crippen LogP contribution in [0.25, 0.3) is 0 Å². The standard InChI is InChI=1S/C14H17NO/c1-2-3-9-14(16)10-11-15-12-13-7-5-4-6-8-13/h4-8,15H,9-12H2,1H3. The van der Waals surface area contributed by atoms with E-state index in [9.17, 15) is 4.79 Å². The Morgan fingerprint density at radius 3 is 2.75 bits per heavy atom. The van der Waals surface area contributed by atoms with E-state index in [2.05, 4.69) is 29.3 Å². The van der Waals surface area contributed by atoms with Crippen LogP contribution < -0.4 is 5.32 Å². The van der Waals surface area contributed by atoms with Crippen LogP contribution in [0.4, 0.5) is 0 Å². The quantitative estimate of drug-likeness (QED) is 0.582. The first kappa shape index (κ1) is 12.5. The van der Waals surface area contributed by atoms with Gasteiger partial charge in [0.25, 0.3) is 0 Å². The third kappa shape index (κ3) is 5.33. The van der Waals surface area contributed by atoms with E-state index in [-0.39, 0.29) is 5.78 Å². The summed E-state index contributed by atoms with van der Waals surface area (Å²) in [5.41, 5.74) is 1.24. The molecule has 84 valence electrons. The summed E-state index contributed by atoms with van der Waals surface area (Å²) in [7, 11) is 0. The molecule has 0 amide bonds. The molecule has 0 bridgehead atoms. The van der Waals surface area contributed by atoms with E-state index in [0.29, 0.717) is 12.8 Å². The summed E-state index contributed by atoms with van der Waals surface area (Å²) in [5.74, 6) is 5.71. The van der Waals surface area contributed by atoms with Gasteiger partial charge < -0.3 is 5.32 Å². The van der Waals surface area contributed by atoms with Crippen molar-refractivity contribution >= 4 is 5.78 Å². The minimum Gasteiger partial charge on any atom is -0.312 e. The Bertz CT molecular complexity index is 373. The van der Waals surface area contributed by atoms with Gasteiger partial charge in [-0.1, -0.05) is 36.3 Å². The second kappa shape index (κ2) is 7.67. The summed E-state index contributed by atoms with van der Waals surface area (Å²) < 4.78 is 0. The molecule has 0 aliphatic heterocycles. The lowest BCUT2D eigenvalue weighted by atomic mass is 10.2. The maximum absolute atomic E-state index is 11.3. The molecule has 0 saturated carbocycles. The van der Waals surface area contributed by atoms with Gasteiger partial charge >= 0.3 is 0 Å². The van der Waals surface area contributed by atoms with Crippen molar-refractivity contribution < 1.29 is 4.79 Å². The predicted octanol–water partition coefficient (Wildman–Crippen LogP) is 2.15. The number of nitrogens with one attached hydrogen (secondary N) is 1. The van der Waals surface area contributed by atoms with Crippen molar-refractivity contribution in [2.24, 2.45) is 0 Å². The maximum Gasteiger partial charge on any atom is 0.146 e. The molecule has 0 spiro atoms. The highest BCUT2D eigenvalue weighted by Gasteiger charge is 1.98. The normalized spacial score (nSPS) is 9.31. The molecule has 0 fully saturated rings. The second-order valence-electron chi connectivity index (χ2n) is 3.55. The van der Waals surface area contributed by atoms with Crippen molar-refractivity contribution in [3.8, 4) is 11.8 Å². The van der Waals surface area contributed by atoms with Gasteiger partial charge in [0, 0.05) is 19.5 Å². The number of hydrogen-bond acceptors (Lipinski definition) is 2. The summed E-state index contributed by atoms with van der Waals surface area (Å²) in [6.07, 6.45) is 0.936. The highest BCUT2D eigenvalue weighted by Crippen LogP contribution is 1.97. The van der Waals surface area contributed by atoms with E-state index in [0.717, 1.165) is 13.1 Å². The van der Waals surface area contributed by atoms with Crippen LogP contribution in [0, 0.1) is 11.8 Å². The Kier molecular flexibility index (Phi) is 5.98. The molecule has 0 radical (unpaired) electrons. The molecule has 0 atom stereocenters. The smallest absolute Gasteiger partial charge is 0.146 e. The van der Waals surface area contributed by atoms with Crippen LogP contribution in [-0.2, 0) is 11.3 Å². The van der Waals surface area contributed by atoms with Gasteiger partial charge in [0.1, 0.15) is 5.78 Å². The van der Waals surface area contributed by atoms with Crippen LogP contribution >= 0.6 is 0 Å². The zero-order valence-electron chi connectivity index (χ0n) is 9.62. The molecule has 0 aliphatic rings. The maximum atomic E-state index is 11.3. The van der Waals surface area contributed by atoms with Crippen LogP contribution in [0.1, 0.15) is 25.3 Å². The Hall–Kier alpha value is -1.59. The number of hydrogen-bond donors (Lipinski definition) is 1. The third-order valence-corrected chi connectivity index (χ3v) is 2.21. The minimum absolute atomic E-state index is 0.204. The fourth-order valence-corrected chi connectivity index (χ4v) is 1.33. The lowest BCUT2D eigenvalue weighted by Gasteiger charge is -2.03. The van der Waals surface area contributed by atoms with E-state index < -0.39 is 0 Å². The molecule has 0 saturated heterocycles. The average Bonchev–Trinajstić information content (AvgIpc) is 2.33. The van der Waals surface area contributed by atoms with Crippen molar-refractivity contribution in [2.75, 3.05) is 6.54 Å². The van der Waals surface area contributed by atoms with Gasteiger partial charge in [0.05, 0.1) is 6.42 Å². The second-order valence-corrected chi connectivity index (χ2v) is 3.55. The highest BCUT2D eigenvalue weighted by atomic mass is 16.1. The Morgan fingerprint density at radius 2 is 2.06 bits per heavy atom. The number of carbonyl (C=O) groups is 1. The van der Waals surface area contributed by atoms with Gasteiger partial charge in [-0.25, -0.2) is 0 Å². The SMILES string of the molecule is CC#CCC(=O)CCNCc1ccccc1. The van der Waals surface area contributed by atoms with Crippen molar-refractivity contribution in [1.29, 1.82) is 0 Å². The molecule has 1 rings (SSSR count). The molecule has 1 aromatic carbocycles. The average molecular weight is 215 g/mol. The Morgan fingerprint density at radius 1 is 1.31 bits per heavy atom. The van der Waals surface area contributed by atoms with Crippen LogP contribution in [-0.4, -0.2) is 12.3 Å². The fourth-order valence-electron chi connectivity index (χ4n) is 1.33. The topological polar surface area (TPSA) is 29.1 Å². The summed E-state index contributed by atoms with van der Waals surface area (Å²) in [4.78, 5) is 11.3. The minimum atomic E-state index is 0.204. The number of rotatable bonds is 6. The van der Waals surface area contributed by atoms with Gasteiger partial charge in [-0.15, -0.1) is 5.92 Å². The van der Waals surface area contributed by atoms with Crippen molar-refractivity contribution in [2.45, 2.75) is 26.3 Å². The van der Waals surface area contributed by atoms with Gasteiger partial charge in [0.2, 0.25) is 0 Å². The molecular weight excluding hydrogens is 198 g/mol. The predicted molar refractivity (Wildman–Crippen MR) is 65.8 cm³/mol. The van der Waals surface area contributed by atoms with E-state index in [1.54, 1.807) is 6.92 Å². The lowest BCUT2D eigenvalue weighted by molar-refractivity contribution is -0.118. The summed E-state index contributed by atoms with van der Waals surface area (Å²) in [6, 6.07) is 10.2. The number of benzene rings is 1. The van der Waals surface area contributed by atoms with Crippen LogP contribution in [0.5, 0.6) is 0 Å². The molecule has 0 heterocycles. The molecular formula is C14H17NO. The summed E-state index contributed by atoms with van der Waals surface area (Å²) >= 11 is 0. The zero-order chi connectivity index (χ0) is 11.6. The van der Waals surface area contributed by atoms with Gasteiger partial charge in [-0.2, -0.15) is 0 Å². The fraction of sp³-hybridized carbons (Fsp3) is 0.357. The molecule has 2 heteroatoms. The summed E-state index contributed by atoms with van der Waals surface area (Å²) in [5, 5.41) is 3.24. The van der Waals surface area contributed by atoms with E-state index in [4.69, 9.17) is 0 Å². The van der Waals surface area contributed by atoms with E-state index in [1.165, 1.54) is 5.56 Å². The Labute approximate surface area is 97.1 Å². The zero-order valence-corrected chi connectivity index (χ0v) is 9.62. The molecule has 2 nitrogen and oxygen atoms in total. The molecule has 0 aliphatic carbocycles. The van der Waals surface area contributed by atoms with Crippen LogP contribution in [0.15, 0.2) is 30.3 Å². The monoisotopic (exact) mass is 215 g/mol. The largest absolute Gasteiger partial charge is 0.312 e. The van der Waals surface area contributed by atoms with E-state index in [1.807, 2.05) is 18.2 Å². The third-order valence-electron chi connectivity index (χ3n) is 2.21. The molecule has 1 aromatic rings. The Balaban J connectivity index is 2.12. The first-order valence-electron chi connectivity index (χ1n) is 5.49. The molecule has 1 N–H and O–H groups in total. The van der Waals surface area contributed by atoms with Gasteiger partial charge in [0.15, 0.2) is 0 Å². The number of Topliss-reactive ketones (excluding diaryl/α,β-unsaturated/α-hetero) is 1. The van der Waals surface area contributed by atoms with Gasteiger partial charge in [-0.05, 0) is 12.5 Å². The molecule has 0 aromatic heterocycles. The summed E-state index contributed by atoms with van der Waals surface area (Å²) in [6.45, 7) is 3.29. The van der Waals surface area contributed by atoms with E-state index >= 15 is 0 Å².